The second kappa shape index (κ2) is 6.96. The van der Waals surface area contributed by atoms with E-state index in [1.165, 1.54) is 11.8 Å². The number of carbonyl (C=O) groups excluding carboxylic acids is 1. The number of thioether (sulfide) groups is 1. The number of rotatable bonds is 6. The van der Waals surface area contributed by atoms with Gasteiger partial charge in [-0.1, -0.05) is 18.2 Å². The summed E-state index contributed by atoms with van der Waals surface area (Å²) in [5.41, 5.74) is 0.758. The number of benzene rings is 1. The summed E-state index contributed by atoms with van der Waals surface area (Å²) in [5.74, 6) is -0.439. The fourth-order valence-electron chi connectivity index (χ4n) is 1.14. The molecule has 0 fully saturated rings. The SMILES string of the molecule is CC(SCCC(=O)Nc1ccccc1)C(=O)O. The second-order valence-electron chi connectivity index (χ2n) is 3.52. The molecular weight excluding hydrogens is 238 g/mol. The molecule has 1 atom stereocenters. The number of anilines is 1. The van der Waals surface area contributed by atoms with Gasteiger partial charge < -0.3 is 10.4 Å². The molecule has 17 heavy (non-hydrogen) atoms. The Bertz CT molecular complexity index is 381. The zero-order chi connectivity index (χ0) is 12.7. The summed E-state index contributed by atoms with van der Waals surface area (Å²) in [6.45, 7) is 1.61. The van der Waals surface area contributed by atoms with Gasteiger partial charge in [-0.15, -0.1) is 11.8 Å². The number of hydrogen-bond acceptors (Lipinski definition) is 3. The van der Waals surface area contributed by atoms with E-state index >= 15 is 0 Å². The molecule has 1 aromatic carbocycles. The molecule has 0 radical (unpaired) electrons. The maximum Gasteiger partial charge on any atom is 0.316 e. The molecule has 0 aliphatic heterocycles. The maximum absolute atomic E-state index is 11.5. The van der Waals surface area contributed by atoms with Gasteiger partial charge in [0.1, 0.15) is 0 Å². The molecule has 0 aliphatic carbocycles. The highest BCUT2D eigenvalue weighted by atomic mass is 32.2. The van der Waals surface area contributed by atoms with Gasteiger partial charge in [0.15, 0.2) is 0 Å². The van der Waals surface area contributed by atoms with E-state index in [0.717, 1.165) is 5.69 Å². The molecule has 2 N–H and O–H groups in total. The Kier molecular flexibility index (Phi) is 5.56. The Morgan fingerprint density at radius 3 is 2.59 bits per heavy atom. The van der Waals surface area contributed by atoms with Crippen LogP contribution in [0, 0.1) is 0 Å². The van der Waals surface area contributed by atoms with Crippen LogP contribution in [0.15, 0.2) is 30.3 Å². The summed E-state index contributed by atoms with van der Waals surface area (Å²) in [7, 11) is 0. The Morgan fingerprint density at radius 1 is 1.35 bits per heavy atom. The summed E-state index contributed by atoms with van der Waals surface area (Å²) in [4.78, 5) is 22.0. The van der Waals surface area contributed by atoms with Gasteiger partial charge in [0.25, 0.3) is 0 Å². The van der Waals surface area contributed by atoms with Crippen molar-refractivity contribution in [1.29, 1.82) is 0 Å². The summed E-state index contributed by atoms with van der Waals surface area (Å²) in [6, 6.07) is 9.18. The molecule has 1 unspecified atom stereocenters. The highest BCUT2D eigenvalue weighted by molar-refractivity contribution is 8.00. The minimum atomic E-state index is -0.849. The Hall–Kier alpha value is -1.49. The van der Waals surface area contributed by atoms with Gasteiger partial charge in [-0.3, -0.25) is 9.59 Å². The highest BCUT2D eigenvalue weighted by Crippen LogP contribution is 2.12. The van der Waals surface area contributed by atoms with Crippen molar-refractivity contribution >= 4 is 29.3 Å². The molecule has 4 nitrogen and oxygen atoms in total. The second-order valence-corrected chi connectivity index (χ2v) is 4.96. The maximum atomic E-state index is 11.5. The van der Waals surface area contributed by atoms with Crippen LogP contribution in [-0.4, -0.2) is 28.0 Å². The number of para-hydroxylation sites is 1. The van der Waals surface area contributed by atoms with E-state index in [-0.39, 0.29) is 5.91 Å². The fraction of sp³-hybridized carbons (Fsp3) is 0.333. The van der Waals surface area contributed by atoms with Crippen molar-refractivity contribution in [1.82, 2.24) is 0 Å². The van der Waals surface area contributed by atoms with Crippen molar-refractivity contribution in [2.24, 2.45) is 0 Å². The van der Waals surface area contributed by atoms with Crippen molar-refractivity contribution in [2.45, 2.75) is 18.6 Å². The van der Waals surface area contributed by atoms with Crippen LogP contribution in [0.25, 0.3) is 0 Å². The van der Waals surface area contributed by atoms with E-state index in [4.69, 9.17) is 5.11 Å². The van der Waals surface area contributed by atoms with E-state index in [1.807, 2.05) is 30.3 Å². The smallest absolute Gasteiger partial charge is 0.316 e. The molecule has 0 spiro atoms. The molecule has 92 valence electrons. The lowest BCUT2D eigenvalue weighted by Gasteiger charge is -2.06. The van der Waals surface area contributed by atoms with Gasteiger partial charge >= 0.3 is 5.97 Å². The number of aliphatic carboxylic acids is 1. The minimum Gasteiger partial charge on any atom is -0.480 e. The molecule has 1 amide bonds. The number of carboxylic acid groups (broad SMARTS) is 1. The van der Waals surface area contributed by atoms with Crippen LogP contribution in [0.5, 0.6) is 0 Å². The van der Waals surface area contributed by atoms with Gasteiger partial charge in [-0.25, -0.2) is 0 Å². The van der Waals surface area contributed by atoms with Crippen LogP contribution < -0.4 is 5.32 Å². The van der Waals surface area contributed by atoms with E-state index in [9.17, 15) is 9.59 Å². The Balaban J connectivity index is 2.25. The normalized spacial score (nSPS) is 11.8. The molecule has 0 bridgehead atoms. The Morgan fingerprint density at radius 2 is 2.00 bits per heavy atom. The standard InChI is InChI=1S/C12H15NO3S/c1-9(12(15)16)17-8-7-11(14)13-10-5-3-2-4-6-10/h2-6,9H,7-8H2,1H3,(H,13,14)(H,15,16). The first-order chi connectivity index (χ1) is 8.09. The largest absolute Gasteiger partial charge is 0.480 e. The molecule has 1 rings (SSSR count). The van der Waals surface area contributed by atoms with Gasteiger partial charge in [0, 0.05) is 17.9 Å². The van der Waals surface area contributed by atoms with Crippen molar-refractivity contribution < 1.29 is 14.7 Å². The zero-order valence-corrected chi connectivity index (χ0v) is 10.4. The van der Waals surface area contributed by atoms with Crippen LogP contribution in [-0.2, 0) is 9.59 Å². The highest BCUT2D eigenvalue weighted by Gasteiger charge is 2.11. The molecule has 0 aliphatic rings. The number of carboxylic acids is 1. The summed E-state index contributed by atoms with van der Waals surface area (Å²) in [6.07, 6.45) is 0.317. The minimum absolute atomic E-state index is 0.0960. The third-order valence-electron chi connectivity index (χ3n) is 2.10. The molecule has 0 heterocycles. The van der Waals surface area contributed by atoms with Crippen LogP contribution in [0.2, 0.25) is 0 Å². The molecule has 0 aromatic heterocycles. The first-order valence-electron chi connectivity index (χ1n) is 5.29. The van der Waals surface area contributed by atoms with Crippen LogP contribution in [0.4, 0.5) is 5.69 Å². The monoisotopic (exact) mass is 253 g/mol. The van der Waals surface area contributed by atoms with E-state index in [1.54, 1.807) is 6.92 Å². The third kappa shape index (κ3) is 5.40. The van der Waals surface area contributed by atoms with Crippen molar-refractivity contribution in [3.05, 3.63) is 30.3 Å². The number of nitrogens with one attached hydrogen (secondary N) is 1. The number of amides is 1. The molecule has 0 saturated heterocycles. The van der Waals surface area contributed by atoms with Gasteiger partial charge in [0.2, 0.25) is 5.91 Å². The van der Waals surface area contributed by atoms with E-state index < -0.39 is 11.2 Å². The van der Waals surface area contributed by atoms with E-state index in [2.05, 4.69) is 5.32 Å². The summed E-state index contributed by atoms with van der Waals surface area (Å²) >= 11 is 1.26. The number of hydrogen-bond donors (Lipinski definition) is 2. The first kappa shape index (κ1) is 13.6. The molecular formula is C12H15NO3S. The van der Waals surface area contributed by atoms with Crippen molar-refractivity contribution in [3.8, 4) is 0 Å². The van der Waals surface area contributed by atoms with Crippen molar-refractivity contribution in [2.75, 3.05) is 11.1 Å². The first-order valence-corrected chi connectivity index (χ1v) is 6.34. The summed E-state index contributed by atoms with van der Waals surface area (Å²) in [5, 5.41) is 10.9. The van der Waals surface area contributed by atoms with Gasteiger partial charge in [-0.05, 0) is 19.1 Å². The lowest BCUT2D eigenvalue weighted by Crippen LogP contribution is -2.15. The van der Waals surface area contributed by atoms with Gasteiger partial charge in [0.05, 0.1) is 5.25 Å². The third-order valence-corrected chi connectivity index (χ3v) is 3.24. The summed E-state index contributed by atoms with van der Waals surface area (Å²) < 4.78 is 0. The van der Waals surface area contributed by atoms with Crippen LogP contribution in [0.3, 0.4) is 0 Å². The predicted octanol–water partition coefficient (Wildman–Crippen LogP) is 2.22. The zero-order valence-electron chi connectivity index (χ0n) is 9.55. The lowest BCUT2D eigenvalue weighted by molar-refractivity contribution is -0.136. The molecule has 1 aromatic rings. The van der Waals surface area contributed by atoms with Crippen LogP contribution in [0.1, 0.15) is 13.3 Å². The number of carbonyl (C=O) groups is 2. The van der Waals surface area contributed by atoms with Crippen LogP contribution >= 0.6 is 11.8 Å². The van der Waals surface area contributed by atoms with E-state index in [0.29, 0.717) is 12.2 Å². The van der Waals surface area contributed by atoms with Crippen molar-refractivity contribution in [3.63, 3.8) is 0 Å². The Labute approximate surface area is 104 Å². The topological polar surface area (TPSA) is 66.4 Å². The molecule has 5 heteroatoms. The molecule has 0 saturated carbocycles. The fourth-order valence-corrected chi connectivity index (χ4v) is 1.94. The quantitative estimate of drug-likeness (QED) is 0.815. The average Bonchev–Trinajstić information content (AvgIpc) is 2.30. The van der Waals surface area contributed by atoms with Gasteiger partial charge in [-0.2, -0.15) is 0 Å². The predicted molar refractivity (Wildman–Crippen MR) is 69.2 cm³/mol. The lowest BCUT2D eigenvalue weighted by atomic mass is 10.3. The average molecular weight is 253 g/mol.